The van der Waals surface area contributed by atoms with Crippen molar-refractivity contribution in [3.63, 3.8) is 0 Å². The Bertz CT molecular complexity index is 911. The van der Waals surface area contributed by atoms with Crippen LogP contribution in [0.1, 0.15) is 33.4 Å². The normalized spacial score (nSPS) is 10.8. The average Bonchev–Trinajstić information content (AvgIpc) is 2.68. The summed E-state index contributed by atoms with van der Waals surface area (Å²) in [5.74, 6) is 0. The summed E-state index contributed by atoms with van der Waals surface area (Å²) in [5.41, 5.74) is 9.88. The Balaban J connectivity index is 1.97. The molecule has 0 spiro atoms. The Morgan fingerprint density at radius 2 is 1.30 bits per heavy atom. The molecule has 0 aliphatic rings. The highest BCUT2D eigenvalue weighted by atomic mass is 14.8. The second-order valence-electron chi connectivity index (χ2n) is 6.99. The van der Waals surface area contributed by atoms with Gasteiger partial charge in [0.25, 0.3) is 0 Å². The van der Waals surface area contributed by atoms with E-state index in [1.807, 2.05) is 7.05 Å². The molecule has 3 aromatic rings. The van der Waals surface area contributed by atoms with Crippen LogP contribution in [-0.4, -0.2) is 7.05 Å². The molecule has 3 rings (SSSR count). The van der Waals surface area contributed by atoms with Gasteiger partial charge in [-0.2, -0.15) is 0 Å². The molecule has 1 N–H and O–H groups in total. The topological polar surface area (TPSA) is 12.0 Å². The summed E-state index contributed by atoms with van der Waals surface area (Å²) in [6.07, 6.45) is 6.54. The second-order valence-corrected chi connectivity index (χ2v) is 6.99. The van der Waals surface area contributed by atoms with Crippen LogP contribution < -0.4 is 5.32 Å². The fraction of sp³-hybridized carbons (Fsp3) is 0.154. The van der Waals surface area contributed by atoms with E-state index in [0.29, 0.717) is 0 Å². The number of hydrogen-bond donors (Lipinski definition) is 1. The van der Waals surface area contributed by atoms with Gasteiger partial charge in [-0.05, 0) is 60.7 Å². The minimum Gasteiger partial charge on any atom is -0.388 e. The van der Waals surface area contributed by atoms with Crippen LogP contribution in [0.4, 0.5) is 5.69 Å². The largest absolute Gasteiger partial charge is 0.388 e. The highest BCUT2D eigenvalue weighted by Gasteiger charge is 2.04. The minimum absolute atomic E-state index is 1.14. The molecule has 1 nitrogen and oxygen atoms in total. The van der Waals surface area contributed by atoms with Gasteiger partial charge in [0.05, 0.1) is 0 Å². The van der Waals surface area contributed by atoms with Gasteiger partial charge in [0, 0.05) is 12.7 Å². The first-order valence-corrected chi connectivity index (χ1v) is 9.37. The van der Waals surface area contributed by atoms with Crippen molar-refractivity contribution in [1.82, 2.24) is 0 Å². The molecule has 0 unspecified atom stereocenters. The standard InChI is InChI=1S/C26H27N/c1-19-8-12-23(13-9-19)26(24-14-10-20(2)11-15-24)7-5-6-22-16-17-25(27-4)18-21(22)3/h5-18,27H,1-4H3. The fourth-order valence-corrected chi connectivity index (χ4v) is 3.09. The number of allylic oxidation sites excluding steroid dienone is 2. The molecule has 0 radical (unpaired) electrons. The molecule has 0 bridgehead atoms. The quantitative estimate of drug-likeness (QED) is 0.497. The van der Waals surface area contributed by atoms with Gasteiger partial charge in [-0.15, -0.1) is 0 Å². The summed E-state index contributed by atoms with van der Waals surface area (Å²) in [5, 5.41) is 3.19. The van der Waals surface area contributed by atoms with Gasteiger partial charge in [-0.1, -0.05) is 84.0 Å². The maximum atomic E-state index is 3.19. The van der Waals surface area contributed by atoms with Crippen LogP contribution in [0.5, 0.6) is 0 Å². The molecule has 0 heterocycles. The Hall–Kier alpha value is -3.06. The third-order valence-electron chi connectivity index (χ3n) is 4.82. The van der Waals surface area contributed by atoms with Crippen LogP contribution in [0.15, 0.2) is 78.9 Å². The third-order valence-corrected chi connectivity index (χ3v) is 4.82. The molecule has 1 heteroatoms. The van der Waals surface area contributed by atoms with Crippen LogP contribution in [0.3, 0.4) is 0 Å². The monoisotopic (exact) mass is 353 g/mol. The highest BCUT2D eigenvalue weighted by molar-refractivity contribution is 5.81. The van der Waals surface area contributed by atoms with E-state index in [1.165, 1.54) is 39.0 Å². The fourth-order valence-electron chi connectivity index (χ4n) is 3.09. The highest BCUT2D eigenvalue weighted by Crippen LogP contribution is 2.25. The van der Waals surface area contributed by atoms with Gasteiger partial charge >= 0.3 is 0 Å². The van der Waals surface area contributed by atoms with Crippen molar-refractivity contribution >= 4 is 17.3 Å². The van der Waals surface area contributed by atoms with Crippen molar-refractivity contribution in [2.24, 2.45) is 0 Å². The molecule has 0 aromatic heterocycles. The lowest BCUT2D eigenvalue weighted by Crippen LogP contribution is -1.90. The summed E-state index contributed by atoms with van der Waals surface area (Å²) in [6, 6.07) is 23.9. The zero-order valence-corrected chi connectivity index (χ0v) is 16.6. The summed E-state index contributed by atoms with van der Waals surface area (Å²) in [4.78, 5) is 0. The van der Waals surface area contributed by atoms with Gasteiger partial charge in [0.1, 0.15) is 0 Å². The second kappa shape index (κ2) is 8.55. The number of anilines is 1. The van der Waals surface area contributed by atoms with Crippen molar-refractivity contribution in [3.05, 3.63) is 112 Å². The lowest BCUT2D eigenvalue weighted by Gasteiger charge is -2.09. The van der Waals surface area contributed by atoms with E-state index in [-0.39, 0.29) is 0 Å². The van der Waals surface area contributed by atoms with E-state index in [0.717, 1.165) is 5.69 Å². The van der Waals surface area contributed by atoms with Gasteiger partial charge in [-0.25, -0.2) is 0 Å². The zero-order chi connectivity index (χ0) is 19.2. The molecular weight excluding hydrogens is 326 g/mol. The molecule has 27 heavy (non-hydrogen) atoms. The van der Waals surface area contributed by atoms with Crippen molar-refractivity contribution in [2.75, 3.05) is 12.4 Å². The van der Waals surface area contributed by atoms with Crippen molar-refractivity contribution < 1.29 is 0 Å². The number of nitrogens with one attached hydrogen (secondary N) is 1. The first-order chi connectivity index (χ1) is 13.1. The van der Waals surface area contributed by atoms with E-state index >= 15 is 0 Å². The molecule has 136 valence electrons. The van der Waals surface area contributed by atoms with E-state index < -0.39 is 0 Å². The molecule has 3 aromatic carbocycles. The van der Waals surface area contributed by atoms with Crippen molar-refractivity contribution in [3.8, 4) is 0 Å². The van der Waals surface area contributed by atoms with Crippen LogP contribution in [0, 0.1) is 20.8 Å². The van der Waals surface area contributed by atoms with Crippen LogP contribution in [-0.2, 0) is 0 Å². The minimum atomic E-state index is 1.14. The Morgan fingerprint density at radius 3 is 1.78 bits per heavy atom. The van der Waals surface area contributed by atoms with Gasteiger partial charge < -0.3 is 5.32 Å². The Kier molecular flexibility index (Phi) is 5.93. The predicted octanol–water partition coefficient (Wildman–Crippen LogP) is 6.80. The molecule has 0 aliphatic carbocycles. The average molecular weight is 354 g/mol. The summed E-state index contributed by atoms with van der Waals surface area (Å²) in [6.45, 7) is 6.39. The molecule has 0 atom stereocenters. The maximum absolute atomic E-state index is 3.19. The van der Waals surface area contributed by atoms with Gasteiger partial charge in [0.15, 0.2) is 0 Å². The van der Waals surface area contributed by atoms with E-state index in [4.69, 9.17) is 0 Å². The SMILES string of the molecule is CNc1ccc(C=CC=C(c2ccc(C)cc2)c2ccc(C)cc2)c(C)c1. The summed E-state index contributed by atoms with van der Waals surface area (Å²) in [7, 11) is 1.95. The van der Waals surface area contributed by atoms with Crippen molar-refractivity contribution in [2.45, 2.75) is 20.8 Å². The van der Waals surface area contributed by atoms with E-state index in [2.05, 4.69) is 111 Å². The molecule has 0 saturated carbocycles. The van der Waals surface area contributed by atoms with Gasteiger partial charge in [-0.3, -0.25) is 0 Å². The first-order valence-electron chi connectivity index (χ1n) is 9.37. The van der Waals surface area contributed by atoms with E-state index in [9.17, 15) is 0 Å². The Morgan fingerprint density at radius 1 is 0.741 bits per heavy atom. The number of hydrogen-bond acceptors (Lipinski definition) is 1. The van der Waals surface area contributed by atoms with Crippen LogP contribution in [0.25, 0.3) is 11.6 Å². The number of aryl methyl sites for hydroxylation is 3. The van der Waals surface area contributed by atoms with Crippen LogP contribution >= 0.6 is 0 Å². The molecular formula is C26H27N. The number of rotatable bonds is 5. The first kappa shape index (κ1) is 18.7. The van der Waals surface area contributed by atoms with Crippen molar-refractivity contribution in [1.29, 1.82) is 0 Å². The number of benzene rings is 3. The predicted molar refractivity (Wildman–Crippen MR) is 119 cm³/mol. The molecule has 0 aliphatic heterocycles. The smallest absolute Gasteiger partial charge is 0.0340 e. The summed E-state index contributed by atoms with van der Waals surface area (Å²) < 4.78 is 0. The maximum Gasteiger partial charge on any atom is 0.0340 e. The molecule has 0 saturated heterocycles. The molecule has 0 amide bonds. The third kappa shape index (κ3) is 4.77. The van der Waals surface area contributed by atoms with Gasteiger partial charge in [0.2, 0.25) is 0 Å². The van der Waals surface area contributed by atoms with Crippen LogP contribution in [0.2, 0.25) is 0 Å². The summed E-state index contributed by atoms with van der Waals surface area (Å²) >= 11 is 0. The molecule has 0 fully saturated rings. The Labute approximate surface area is 163 Å². The lowest BCUT2D eigenvalue weighted by molar-refractivity contribution is 1.41. The van der Waals surface area contributed by atoms with E-state index in [1.54, 1.807) is 0 Å². The zero-order valence-electron chi connectivity index (χ0n) is 16.6. The lowest BCUT2D eigenvalue weighted by atomic mass is 9.96.